The van der Waals surface area contributed by atoms with Gasteiger partial charge in [0.05, 0.1) is 5.02 Å². The lowest BCUT2D eigenvalue weighted by molar-refractivity contribution is 0.229. The predicted octanol–water partition coefficient (Wildman–Crippen LogP) is 1.59. The van der Waals surface area contributed by atoms with Crippen LogP contribution in [-0.4, -0.2) is 18.3 Å². The van der Waals surface area contributed by atoms with Gasteiger partial charge in [0.2, 0.25) is 0 Å². The molecule has 0 radical (unpaired) electrons. The maximum atomic E-state index is 13.4. The molecular weight excluding hydrogens is 205 g/mol. The summed E-state index contributed by atoms with van der Waals surface area (Å²) in [5, 5.41) is 9.02. The molecule has 1 rings (SSSR count). The van der Waals surface area contributed by atoms with Crippen molar-refractivity contribution in [2.75, 3.05) is 13.2 Å². The molecule has 0 heterocycles. The molecule has 0 aliphatic carbocycles. The smallest absolute Gasteiger partial charge is 0.144 e. The average molecular weight is 218 g/mol. The molecule has 0 aliphatic rings. The normalized spacial score (nSPS) is 12.9. The SMILES string of the molecule is NCC(CO)Cc1cccc(Cl)c1F. The molecule has 1 unspecified atom stereocenters. The molecule has 0 spiro atoms. The summed E-state index contributed by atoms with van der Waals surface area (Å²) < 4.78 is 13.4. The van der Waals surface area contributed by atoms with Crippen molar-refractivity contribution < 1.29 is 9.50 Å². The van der Waals surface area contributed by atoms with Crippen LogP contribution >= 0.6 is 11.6 Å². The Hall–Kier alpha value is -0.640. The van der Waals surface area contributed by atoms with E-state index >= 15 is 0 Å². The molecule has 0 bridgehead atoms. The highest BCUT2D eigenvalue weighted by Gasteiger charge is 2.11. The van der Waals surface area contributed by atoms with E-state index in [1.165, 1.54) is 6.07 Å². The Morgan fingerprint density at radius 2 is 2.21 bits per heavy atom. The quantitative estimate of drug-likeness (QED) is 0.805. The van der Waals surface area contributed by atoms with Crippen molar-refractivity contribution in [3.8, 4) is 0 Å². The molecule has 1 atom stereocenters. The van der Waals surface area contributed by atoms with Gasteiger partial charge >= 0.3 is 0 Å². The fraction of sp³-hybridized carbons (Fsp3) is 0.400. The molecule has 0 amide bonds. The number of hydrogen-bond donors (Lipinski definition) is 2. The largest absolute Gasteiger partial charge is 0.396 e. The number of nitrogens with two attached hydrogens (primary N) is 1. The zero-order valence-electron chi connectivity index (χ0n) is 7.71. The molecular formula is C10H13ClFNO. The number of aliphatic hydroxyl groups is 1. The van der Waals surface area contributed by atoms with E-state index in [-0.39, 0.29) is 17.5 Å². The third kappa shape index (κ3) is 2.67. The maximum absolute atomic E-state index is 13.4. The minimum atomic E-state index is -0.416. The molecule has 3 N–H and O–H groups in total. The summed E-state index contributed by atoms with van der Waals surface area (Å²) in [6, 6.07) is 4.84. The van der Waals surface area contributed by atoms with E-state index < -0.39 is 5.82 Å². The second-order valence-corrected chi connectivity index (χ2v) is 3.61. The van der Waals surface area contributed by atoms with Crippen molar-refractivity contribution in [3.63, 3.8) is 0 Å². The van der Waals surface area contributed by atoms with Crippen LogP contribution in [0.15, 0.2) is 18.2 Å². The van der Waals surface area contributed by atoms with Gasteiger partial charge in [0.1, 0.15) is 5.82 Å². The summed E-state index contributed by atoms with van der Waals surface area (Å²) in [6.45, 7) is 0.297. The average Bonchev–Trinajstić information content (AvgIpc) is 2.20. The van der Waals surface area contributed by atoms with Gasteiger partial charge in [0.25, 0.3) is 0 Å². The topological polar surface area (TPSA) is 46.2 Å². The van der Waals surface area contributed by atoms with Crippen LogP contribution in [0.2, 0.25) is 5.02 Å². The first kappa shape index (κ1) is 11.4. The molecule has 0 aromatic heterocycles. The Balaban J connectivity index is 2.80. The summed E-state index contributed by atoms with van der Waals surface area (Å²) in [7, 11) is 0. The third-order valence-corrected chi connectivity index (χ3v) is 2.42. The van der Waals surface area contributed by atoms with Gasteiger partial charge in [-0.2, -0.15) is 0 Å². The Morgan fingerprint density at radius 3 is 2.79 bits per heavy atom. The minimum Gasteiger partial charge on any atom is -0.396 e. The second kappa shape index (κ2) is 5.29. The van der Waals surface area contributed by atoms with E-state index in [1.807, 2.05) is 0 Å². The molecule has 78 valence electrons. The molecule has 1 aromatic carbocycles. The molecule has 0 saturated carbocycles. The lowest BCUT2D eigenvalue weighted by Gasteiger charge is -2.12. The molecule has 1 aromatic rings. The van der Waals surface area contributed by atoms with Gasteiger partial charge in [-0.3, -0.25) is 0 Å². The van der Waals surface area contributed by atoms with Crippen molar-refractivity contribution in [2.24, 2.45) is 11.7 Å². The van der Waals surface area contributed by atoms with Gasteiger partial charge < -0.3 is 10.8 Å². The van der Waals surface area contributed by atoms with Gasteiger partial charge in [0, 0.05) is 6.61 Å². The van der Waals surface area contributed by atoms with Crippen molar-refractivity contribution >= 4 is 11.6 Å². The van der Waals surface area contributed by atoms with Gasteiger partial charge in [-0.1, -0.05) is 23.7 Å². The zero-order chi connectivity index (χ0) is 10.6. The van der Waals surface area contributed by atoms with Crippen LogP contribution in [0.25, 0.3) is 0 Å². The Kier molecular flexibility index (Phi) is 4.32. The molecule has 0 fully saturated rings. The summed E-state index contributed by atoms with van der Waals surface area (Å²) in [5.74, 6) is -0.524. The van der Waals surface area contributed by atoms with Gasteiger partial charge in [0.15, 0.2) is 0 Å². The number of hydrogen-bond acceptors (Lipinski definition) is 2. The van der Waals surface area contributed by atoms with Crippen LogP contribution in [0.5, 0.6) is 0 Å². The highest BCUT2D eigenvalue weighted by molar-refractivity contribution is 6.30. The van der Waals surface area contributed by atoms with Crippen LogP contribution in [0, 0.1) is 11.7 Å². The Morgan fingerprint density at radius 1 is 1.50 bits per heavy atom. The van der Waals surface area contributed by atoms with E-state index in [2.05, 4.69) is 0 Å². The van der Waals surface area contributed by atoms with Crippen molar-refractivity contribution in [2.45, 2.75) is 6.42 Å². The molecule has 14 heavy (non-hydrogen) atoms. The first-order valence-electron chi connectivity index (χ1n) is 4.42. The van der Waals surface area contributed by atoms with Crippen LogP contribution in [0.4, 0.5) is 4.39 Å². The van der Waals surface area contributed by atoms with Crippen molar-refractivity contribution in [1.29, 1.82) is 0 Å². The molecule has 0 saturated heterocycles. The fourth-order valence-electron chi connectivity index (χ4n) is 1.24. The summed E-state index contributed by atoms with van der Waals surface area (Å²) in [4.78, 5) is 0. The highest BCUT2D eigenvalue weighted by Crippen LogP contribution is 2.20. The van der Waals surface area contributed by atoms with E-state index in [9.17, 15) is 4.39 Å². The number of halogens is 2. The predicted molar refractivity (Wildman–Crippen MR) is 54.7 cm³/mol. The molecule has 4 heteroatoms. The highest BCUT2D eigenvalue weighted by atomic mass is 35.5. The van der Waals surface area contributed by atoms with Crippen LogP contribution in [0.3, 0.4) is 0 Å². The van der Waals surface area contributed by atoms with Crippen LogP contribution in [0.1, 0.15) is 5.56 Å². The van der Waals surface area contributed by atoms with Crippen LogP contribution < -0.4 is 5.73 Å². The summed E-state index contributed by atoms with van der Waals surface area (Å²) in [5.41, 5.74) is 5.91. The molecule has 2 nitrogen and oxygen atoms in total. The zero-order valence-corrected chi connectivity index (χ0v) is 8.47. The number of rotatable bonds is 4. The van der Waals surface area contributed by atoms with E-state index in [4.69, 9.17) is 22.4 Å². The monoisotopic (exact) mass is 217 g/mol. The first-order valence-corrected chi connectivity index (χ1v) is 4.80. The third-order valence-electron chi connectivity index (χ3n) is 2.13. The maximum Gasteiger partial charge on any atom is 0.144 e. The number of benzene rings is 1. The second-order valence-electron chi connectivity index (χ2n) is 3.20. The lowest BCUT2D eigenvalue weighted by Crippen LogP contribution is -2.20. The van der Waals surface area contributed by atoms with Gasteiger partial charge in [-0.15, -0.1) is 0 Å². The van der Waals surface area contributed by atoms with Gasteiger partial charge in [-0.25, -0.2) is 4.39 Å². The van der Waals surface area contributed by atoms with Gasteiger partial charge in [-0.05, 0) is 30.5 Å². The summed E-state index contributed by atoms with van der Waals surface area (Å²) in [6.07, 6.45) is 0.416. The van der Waals surface area contributed by atoms with E-state index in [0.29, 0.717) is 18.5 Å². The van der Waals surface area contributed by atoms with Crippen LogP contribution in [-0.2, 0) is 6.42 Å². The van der Waals surface area contributed by atoms with E-state index in [0.717, 1.165) is 0 Å². The number of aliphatic hydroxyl groups excluding tert-OH is 1. The Bertz CT molecular complexity index is 302. The van der Waals surface area contributed by atoms with Crippen molar-refractivity contribution in [1.82, 2.24) is 0 Å². The lowest BCUT2D eigenvalue weighted by atomic mass is 10.00. The Labute approximate surface area is 87.5 Å². The van der Waals surface area contributed by atoms with E-state index in [1.54, 1.807) is 12.1 Å². The minimum absolute atomic E-state index is 0.0392. The first-order chi connectivity index (χ1) is 6.69. The summed E-state index contributed by atoms with van der Waals surface area (Å²) >= 11 is 5.61. The fourth-order valence-corrected chi connectivity index (χ4v) is 1.43. The molecule has 0 aliphatic heterocycles. The standard InChI is InChI=1S/C10H13ClFNO/c11-9-3-1-2-8(10(9)12)4-7(5-13)6-14/h1-3,7,14H,4-6,13H2. The van der Waals surface area contributed by atoms with Crippen molar-refractivity contribution in [3.05, 3.63) is 34.6 Å².